The number of carboxylic acids is 1. The summed E-state index contributed by atoms with van der Waals surface area (Å²) >= 11 is 0. The predicted molar refractivity (Wildman–Crippen MR) is 176 cm³/mol. The summed E-state index contributed by atoms with van der Waals surface area (Å²) in [4.78, 5) is 11.0. The molecule has 0 amide bonds. The first-order valence-corrected chi connectivity index (χ1v) is 22.0. The Morgan fingerprint density at radius 2 is 1.27 bits per heavy atom. The Hall–Kier alpha value is -0.996. The summed E-state index contributed by atoms with van der Waals surface area (Å²) in [5.41, 5.74) is 0.991. The van der Waals surface area contributed by atoms with Gasteiger partial charge in [-0.1, -0.05) is 97.6 Å². The highest BCUT2D eigenvalue weighted by atomic mass is 28.4. The topological polar surface area (TPSA) is 76.0 Å². The van der Waals surface area contributed by atoms with E-state index in [1.165, 1.54) is 0 Å². The maximum Gasteiger partial charge on any atom is 0.303 e. The third-order valence-electron chi connectivity index (χ3n) is 10.4. The summed E-state index contributed by atoms with van der Waals surface area (Å²) in [7, 11) is -3.97. The number of aliphatic carboxylic acids is 1. The smallest absolute Gasteiger partial charge is 0.303 e. The molecule has 0 heterocycles. The highest BCUT2D eigenvalue weighted by molar-refractivity contribution is 6.74. The molecule has 0 aliphatic heterocycles. The Bertz CT molecular complexity index is 919. The lowest BCUT2D eigenvalue weighted by Gasteiger charge is -2.40. The van der Waals surface area contributed by atoms with E-state index in [9.17, 15) is 9.90 Å². The van der Waals surface area contributed by atoms with E-state index in [1.807, 2.05) is 30.3 Å². The van der Waals surface area contributed by atoms with Crippen LogP contribution >= 0.6 is 0 Å². The van der Waals surface area contributed by atoms with Gasteiger partial charge < -0.3 is 19.1 Å². The van der Waals surface area contributed by atoms with Crippen molar-refractivity contribution in [2.75, 3.05) is 0 Å². The average molecular weight is 607 g/mol. The van der Waals surface area contributed by atoms with Crippen LogP contribution in [0, 0.1) is 11.8 Å². The van der Waals surface area contributed by atoms with Crippen molar-refractivity contribution in [1.29, 1.82) is 0 Å². The van der Waals surface area contributed by atoms with Gasteiger partial charge in [-0.15, -0.1) is 0 Å². The number of aliphatic hydroxyl groups excluding tert-OH is 1. The van der Waals surface area contributed by atoms with Crippen LogP contribution in [0.5, 0.6) is 0 Å². The second-order valence-electron chi connectivity index (χ2n) is 15.6. The van der Waals surface area contributed by atoms with Crippen LogP contribution in [-0.2, 0) is 13.6 Å². The van der Waals surface area contributed by atoms with Gasteiger partial charge in [0.05, 0.1) is 18.3 Å². The molecule has 0 radical (unpaired) electrons. The van der Waals surface area contributed by atoms with E-state index in [0.29, 0.717) is 11.8 Å². The zero-order valence-corrected chi connectivity index (χ0v) is 30.0. The van der Waals surface area contributed by atoms with Crippen molar-refractivity contribution in [1.82, 2.24) is 0 Å². The van der Waals surface area contributed by atoms with Crippen molar-refractivity contribution < 1.29 is 23.9 Å². The highest BCUT2D eigenvalue weighted by Gasteiger charge is 2.50. The lowest BCUT2D eigenvalue weighted by molar-refractivity contribution is -0.137. The number of unbranched alkanes of at least 4 members (excludes halogenated alkanes) is 3. The van der Waals surface area contributed by atoms with Crippen LogP contribution in [0.1, 0.15) is 117 Å². The van der Waals surface area contributed by atoms with Crippen molar-refractivity contribution in [2.24, 2.45) is 11.8 Å². The van der Waals surface area contributed by atoms with Gasteiger partial charge in [0.2, 0.25) is 0 Å². The van der Waals surface area contributed by atoms with E-state index in [1.54, 1.807) is 0 Å². The van der Waals surface area contributed by atoms with Crippen LogP contribution in [0.25, 0.3) is 0 Å². The van der Waals surface area contributed by atoms with Crippen LogP contribution in [-0.4, -0.2) is 45.0 Å². The van der Waals surface area contributed by atoms with Crippen LogP contribution in [0.3, 0.4) is 0 Å². The van der Waals surface area contributed by atoms with Crippen molar-refractivity contribution in [3.05, 3.63) is 35.9 Å². The van der Waals surface area contributed by atoms with Gasteiger partial charge >= 0.3 is 5.97 Å². The largest absolute Gasteiger partial charge is 0.481 e. The quantitative estimate of drug-likeness (QED) is 0.145. The Morgan fingerprint density at radius 1 is 0.805 bits per heavy atom. The second kappa shape index (κ2) is 15.1. The molecule has 1 fully saturated rings. The Morgan fingerprint density at radius 3 is 1.73 bits per heavy atom. The van der Waals surface area contributed by atoms with Gasteiger partial charge in [0.25, 0.3) is 0 Å². The summed E-state index contributed by atoms with van der Waals surface area (Å²) in [6, 6.07) is 10.0. The second-order valence-corrected chi connectivity index (χ2v) is 25.1. The molecule has 2 N–H and O–H groups in total. The fourth-order valence-electron chi connectivity index (χ4n) is 5.71. The lowest BCUT2D eigenvalue weighted by atomic mass is 9.84. The zero-order valence-electron chi connectivity index (χ0n) is 28.0. The van der Waals surface area contributed by atoms with Crippen LogP contribution in [0.2, 0.25) is 36.3 Å². The minimum absolute atomic E-state index is 0.138. The van der Waals surface area contributed by atoms with Crippen LogP contribution < -0.4 is 0 Å². The van der Waals surface area contributed by atoms with E-state index < -0.39 is 28.7 Å². The molecule has 1 aromatic rings. The number of benzene rings is 1. The first-order valence-electron chi connectivity index (χ1n) is 16.2. The fraction of sp³-hybridized carbons (Fsp3) is 0.794. The Balaban J connectivity index is 2.27. The van der Waals surface area contributed by atoms with E-state index >= 15 is 0 Å². The molecule has 2 rings (SSSR count). The molecule has 236 valence electrons. The normalized spacial score (nSPS) is 23.1. The van der Waals surface area contributed by atoms with Crippen molar-refractivity contribution >= 4 is 22.6 Å². The zero-order chi connectivity index (χ0) is 31.1. The molecular weight excluding hydrogens is 545 g/mol. The fourth-order valence-corrected chi connectivity index (χ4v) is 8.47. The van der Waals surface area contributed by atoms with Gasteiger partial charge in [0.15, 0.2) is 16.6 Å². The molecule has 1 saturated carbocycles. The molecule has 5 atom stereocenters. The molecule has 0 aromatic heterocycles. The van der Waals surface area contributed by atoms with Gasteiger partial charge in [-0.05, 0) is 85.8 Å². The minimum Gasteiger partial charge on any atom is -0.481 e. The summed E-state index contributed by atoms with van der Waals surface area (Å²) < 4.78 is 14.4. The Labute approximate surface area is 254 Å². The monoisotopic (exact) mass is 606 g/mol. The van der Waals surface area contributed by atoms with E-state index in [4.69, 9.17) is 14.0 Å². The number of hydrogen-bond acceptors (Lipinski definition) is 4. The SMILES string of the molecule is CC(C)(C)[Si](C)(C)OC1CC(O[Si](C)(C)C(C)(C)C)C(CCCC(O)c2ccccc2)C1CCCCCCC(=O)O. The van der Waals surface area contributed by atoms with E-state index in [2.05, 4.69) is 67.7 Å². The molecular formula is C34H62O5Si2. The maximum atomic E-state index is 11.0. The third-order valence-corrected chi connectivity index (χ3v) is 19.4. The average Bonchev–Trinajstić information content (AvgIpc) is 3.14. The number of aliphatic hydroxyl groups is 1. The standard InChI is InChI=1S/C34H62O5Si2/c1-33(2,3)40(7,8)38-30-25-31(39-41(9,10)34(4,5)6)28(27(30)21-16-11-12-17-24-32(36)37)22-18-23-29(35)26-19-14-13-15-20-26/h13-15,19-20,27-31,35H,11-12,16-18,21-25H2,1-10H3,(H,36,37). The lowest BCUT2D eigenvalue weighted by Crippen LogP contribution is -2.45. The van der Waals surface area contributed by atoms with E-state index in [-0.39, 0.29) is 28.7 Å². The Kier molecular flexibility index (Phi) is 13.4. The highest BCUT2D eigenvalue weighted by Crippen LogP contribution is 2.49. The van der Waals surface area contributed by atoms with Gasteiger partial charge in [-0.2, -0.15) is 0 Å². The first-order chi connectivity index (χ1) is 18.9. The number of carbonyl (C=O) groups is 1. The van der Waals surface area contributed by atoms with Crippen LogP contribution in [0.15, 0.2) is 30.3 Å². The van der Waals surface area contributed by atoms with Crippen molar-refractivity contribution in [2.45, 2.75) is 160 Å². The number of carboxylic acid groups (broad SMARTS) is 1. The molecule has 1 aliphatic rings. The summed E-state index contributed by atoms with van der Waals surface area (Å²) in [5.74, 6) is 0.125. The third kappa shape index (κ3) is 10.9. The van der Waals surface area contributed by atoms with Crippen molar-refractivity contribution in [3.8, 4) is 0 Å². The summed E-state index contributed by atoms with van der Waals surface area (Å²) in [6.45, 7) is 23.4. The van der Waals surface area contributed by atoms with Crippen LogP contribution in [0.4, 0.5) is 0 Å². The number of rotatable bonds is 16. The van der Waals surface area contributed by atoms with Gasteiger partial charge in [-0.25, -0.2) is 0 Å². The molecule has 0 spiro atoms. The molecule has 5 unspecified atom stereocenters. The molecule has 1 aromatic carbocycles. The molecule has 0 bridgehead atoms. The molecule has 1 aliphatic carbocycles. The maximum absolute atomic E-state index is 11.0. The van der Waals surface area contributed by atoms with Gasteiger partial charge in [-0.3, -0.25) is 4.79 Å². The summed E-state index contributed by atoms with van der Waals surface area (Å²) in [6.07, 6.45) is 8.84. The summed E-state index contributed by atoms with van der Waals surface area (Å²) in [5, 5.41) is 20.2. The minimum atomic E-state index is -1.99. The molecule has 5 nitrogen and oxygen atoms in total. The number of hydrogen-bond donors (Lipinski definition) is 2. The molecule has 0 saturated heterocycles. The molecule has 7 heteroatoms. The predicted octanol–water partition coefficient (Wildman–Crippen LogP) is 9.73. The first kappa shape index (κ1) is 36.2. The molecule has 41 heavy (non-hydrogen) atoms. The van der Waals surface area contributed by atoms with Gasteiger partial charge in [0, 0.05) is 6.42 Å². The van der Waals surface area contributed by atoms with E-state index in [0.717, 1.165) is 63.4 Å². The van der Waals surface area contributed by atoms with Gasteiger partial charge in [0.1, 0.15) is 0 Å². The van der Waals surface area contributed by atoms with Crippen molar-refractivity contribution in [3.63, 3.8) is 0 Å².